The van der Waals surface area contributed by atoms with Gasteiger partial charge in [-0.2, -0.15) is 5.26 Å². The quantitative estimate of drug-likeness (QED) is 0.630. The second kappa shape index (κ2) is 2.98. The SMILES string of the molecule is N#CCc1nc2c(o1)CCCC2. The van der Waals surface area contributed by atoms with Crippen LogP contribution in [0.5, 0.6) is 0 Å². The highest BCUT2D eigenvalue weighted by Gasteiger charge is 2.16. The van der Waals surface area contributed by atoms with E-state index in [-0.39, 0.29) is 0 Å². The van der Waals surface area contributed by atoms with Crippen molar-refractivity contribution in [2.45, 2.75) is 32.1 Å². The van der Waals surface area contributed by atoms with Crippen molar-refractivity contribution in [3.63, 3.8) is 0 Å². The van der Waals surface area contributed by atoms with Gasteiger partial charge in [-0.15, -0.1) is 0 Å². The predicted octanol–water partition coefficient (Wildman–Crippen LogP) is 1.62. The topological polar surface area (TPSA) is 49.8 Å². The molecular formula is C9H10N2O. The zero-order valence-electron chi connectivity index (χ0n) is 6.84. The summed E-state index contributed by atoms with van der Waals surface area (Å²) in [5, 5.41) is 8.43. The number of oxazole rings is 1. The van der Waals surface area contributed by atoms with Gasteiger partial charge in [-0.3, -0.25) is 0 Å². The van der Waals surface area contributed by atoms with Gasteiger partial charge in [0.2, 0.25) is 5.89 Å². The Hall–Kier alpha value is -1.30. The molecule has 0 unspecified atom stereocenters. The monoisotopic (exact) mass is 162 g/mol. The van der Waals surface area contributed by atoms with Crippen LogP contribution >= 0.6 is 0 Å². The highest BCUT2D eigenvalue weighted by molar-refractivity contribution is 5.14. The second-order valence-electron chi connectivity index (χ2n) is 3.02. The van der Waals surface area contributed by atoms with Crippen LogP contribution < -0.4 is 0 Å². The van der Waals surface area contributed by atoms with Gasteiger partial charge in [0.25, 0.3) is 0 Å². The van der Waals surface area contributed by atoms with Crippen molar-refractivity contribution in [3.8, 4) is 6.07 Å². The highest BCUT2D eigenvalue weighted by Crippen LogP contribution is 2.21. The molecule has 0 spiro atoms. The summed E-state index contributed by atoms with van der Waals surface area (Å²) in [6.07, 6.45) is 4.70. The van der Waals surface area contributed by atoms with Crippen molar-refractivity contribution in [1.82, 2.24) is 4.98 Å². The number of rotatable bonds is 1. The summed E-state index contributed by atoms with van der Waals surface area (Å²) in [6.45, 7) is 0. The molecule has 0 atom stereocenters. The Labute approximate surface area is 71.0 Å². The lowest BCUT2D eigenvalue weighted by Crippen LogP contribution is -1.99. The van der Waals surface area contributed by atoms with Gasteiger partial charge in [-0.25, -0.2) is 4.98 Å². The third kappa shape index (κ3) is 1.20. The molecule has 1 aromatic rings. The molecular weight excluding hydrogens is 152 g/mol. The van der Waals surface area contributed by atoms with E-state index < -0.39 is 0 Å². The number of hydrogen-bond donors (Lipinski definition) is 0. The molecule has 1 aliphatic rings. The Balaban J connectivity index is 2.27. The largest absolute Gasteiger partial charge is 0.444 e. The molecule has 0 amide bonds. The Morgan fingerprint density at radius 3 is 3.00 bits per heavy atom. The fourth-order valence-corrected chi connectivity index (χ4v) is 1.55. The van der Waals surface area contributed by atoms with Crippen LogP contribution in [0.15, 0.2) is 4.42 Å². The summed E-state index contributed by atoms with van der Waals surface area (Å²) in [7, 11) is 0. The van der Waals surface area contributed by atoms with Crippen LogP contribution in [-0.4, -0.2) is 4.98 Å². The maximum absolute atomic E-state index is 8.43. The first kappa shape index (κ1) is 7.35. The van der Waals surface area contributed by atoms with Gasteiger partial charge in [0.05, 0.1) is 11.8 Å². The standard InChI is InChI=1S/C9H10N2O/c10-6-5-9-11-7-3-1-2-4-8(7)12-9/h1-5H2. The minimum absolute atomic E-state index is 0.299. The van der Waals surface area contributed by atoms with Crippen LogP contribution in [0, 0.1) is 11.3 Å². The molecule has 0 aromatic carbocycles. The van der Waals surface area contributed by atoms with Crippen LogP contribution in [0.25, 0.3) is 0 Å². The lowest BCUT2D eigenvalue weighted by Gasteiger charge is -2.05. The predicted molar refractivity (Wildman–Crippen MR) is 42.5 cm³/mol. The van der Waals surface area contributed by atoms with E-state index in [1.807, 2.05) is 6.07 Å². The third-order valence-electron chi connectivity index (χ3n) is 2.12. The molecule has 0 saturated carbocycles. The van der Waals surface area contributed by atoms with Gasteiger partial charge in [-0.1, -0.05) is 0 Å². The van der Waals surface area contributed by atoms with E-state index in [2.05, 4.69) is 4.98 Å². The molecule has 0 aliphatic heterocycles. The average molecular weight is 162 g/mol. The Bertz CT molecular complexity index is 298. The van der Waals surface area contributed by atoms with Crippen LogP contribution in [0.4, 0.5) is 0 Å². The molecule has 2 rings (SSSR count). The molecule has 0 fully saturated rings. The van der Waals surface area contributed by atoms with Gasteiger partial charge in [0.15, 0.2) is 0 Å². The van der Waals surface area contributed by atoms with E-state index in [0.29, 0.717) is 12.3 Å². The molecule has 1 aliphatic carbocycles. The summed E-state index contributed by atoms with van der Waals surface area (Å²) in [5.41, 5.74) is 1.08. The van der Waals surface area contributed by atoms with Gasteiger partial charge in [-0.05, 0) is 19.3 Å². The maximum atomic E-state index is 8.43. The Morgan fingerprint density at radius 2 is 2.25 bits per heavy atom. The van der Waals surface area contributed by atoms with Crippen molar-refractivity contribution in [1.29, 1.82) is 5.26 Å². The molecule has 3 heteroatoms. The lowest BCUT2D eigenvalue weighted by atomic mass is 10.0. The molecule has 0 N–H and O–H groups in total. The number of aryl methyl sites for hydroxylation is 2. The average Bonchev–Trinajstić information content (AvgIpc) is 2.47. The zero-order chi connectivity index (χ0) is 8.39. The molecule has 1 aromatic heterocycles. The first-order chi connectivity index (χ1) is 5.90. The molecule has 0 bridgehead atoms. The van der Waals surface area contributed by atoms with Crippen molar-refractivity contribution in [3.05, 3.63) is 17.3 Å². The summed E-state index contributed by atoms with van der Waals surface area (Å²) >= 11 is 0. The normalized spacial score (nSPS) is 15.2. The molecule has 0 radical (unpaired) electrons. The van der Waals surface area contributed by atoms with Crippen LogP contribution in [0.2, 0.25) is 0 Å². The molecule has 3 nitrogen and oxygen atoms in total. The van der Waals surface area contributed by atoms with Crippen molar-refractivity contribution in [2.75, 3.05) is 0 Å². The summed E-state index contributed by atoms with van der Waals surface area (Å²) in [4.78, 5) is 4.25. The highest BCUT2D eigenvalue weighted by atomic mass is 16.4. The van der Waals surface area contributed by atoms with E-state index in [1.165, 1.54) is 12.8 Å². The fourth-order valence-electron chi connectivity index (χ4n) is 1.55. The fraction of sp³-hybridized carbons (Fsp3) is 0.556. The van der Waals surface area contributed by atoms with Crippen LogP contribution in [0.3, 0.4) is 0 Å². The van der Waals surface area contributed by atoms with E-state index in [1.54, 1.807) is 0 Å². The van der Waals surface area contributed by atoms with Gasteiger partial charge < -0.3 is 4.42 Å². The Kier molecular flexibility index (Phi) is 1.83. The third-order valence-corrected chi connectivity index (χ3v) is 2.12. The minimum Gasteiger partial charge on any atom is -0.444 e. The first-order valence-corrected chi connectivity index (χ1v) is 4.24. The first-order valence-electron chi connectivity index (χ1n) is 4.24. The van der Waals surface area contributed by atoms with Gasteiger partial charge >= 0.3 is 0 Å². The molecule has 0 saturated heterocycles. The second-order valence-corrected chi connectivity index (χ2v) is 3.02. The molecule has 12 heavy (non-hydrogen) atoms. The minimum atomic E-state index is 0.299. The lowest BCUT2D eigenvalue weighted by molar-refractivity contribution is 0.448. The van der Waals surface area contributed by atoms with E-state index in [9.17, 15) is 0 Å². The summed E-state index contributed by atoms with van der Waals surface area (Å²) < 4.78 is 5.41. The van der Waals surface area contributed by atoms with Crippen LogP contribution in [0.1, 0.15) is 30.2 Å². The molecule has 1 heterocycles. The molecule has 62 valence electrons. The van der Waals surface area contributed by atoms with Crippen molar-refractivity contribution < 1.29 is 4.42 Å². The summed E-state index contributed by atoms with van der Waals surface area (Å²) in [5.74, 6) is 1.59. The van der Waals surface area contributed by atoms with E-state index >= 15 is 0 Å². The number of nitriles is 1. The number of aromatic nitrogens is 1. The zero-order valence-corrected chi connectivity index (χ0v) is 6.84. The van der Waals surface area contributed by atoms with Gasteiger partial charge in [0.1, 0.15) is 12.2 Å². The number of fused-ring (bicyclic) bond motifs is 1. The smallest absolute Gasteiger partial charge is 0.208 e. The Morgan fingerprint density at radius 1 is 1.42 bits per heavy atom. The maximum Gasteiger partial charge on any atom is 0.208 e. The summed E-state index contributed by atoms with van der Waals surface area (Å²) in [6, 6.07) is 2.04. The van der Waals surface area contributed by atoms with E-state index in [0.717, 1.165) is 24.3 Å². The van der Waals surface area contributed by atoms with Crippen molar-refractivity contribution in [2.24, 2.45) is 0 Å². The van der Waals surface area contributed by atoms with Gasteiger partial charge in [0, 0.05) is 6.42 Å². The van der Waals surface area contributed by atoms with Crippen LogP contribution in [-0.2, 0) is 19.3 Å². The number of nitrogens with zero attached hydrogens (tertiary/aromatic N) is 2. The number of hydrogen-bond acceptors (Lipinski definition) is 3. The van der Waals surface area contributed by atoms with Crippen molar-refractivity contribution >= 4 is 0 Å². The van der Waals surface area contributed by atoms with E-state index in [4.69, 9.17) is 9.68 Å².